The highest BCUT2D eigenvalue weighted by Crippen LogP contribution is 2.39. The van der Waals surface area contributed by atoms with E-state index in [9.17, 15) is 22.8 Å². The van der Waals surface area contributed by atoms with Crippen LogP contribution in [0.25, 0.3) is 0 Å². The minimum Gasteiger partial charge on any atom is -0.339 e. The lowest BCUT2D eigenvalue weighted by atomic mass is 10.1. The van der Waals surface area contributed by atoms with Gasteiger partial charge in [0.2, 0.25) is 0 Å². The van der Waals surface area contributed by atoms with Gasteiger partial charge in [0.1, 0.15) is 4.90 Å². The highest BCUT2D eigenvalue weighted by Gasteiger charge is 2.48. The molecule has 2 aromatic carbocycles. The molecule has 0 aromatic heterocycles. The molecule has 32 heavy (non-hydrogen) atoms. The molecule has 2 aromatic rings. The summed E-state index contributed by atoms with van der Waals surface area (Å²) in [5.41, 5.74) is 0.964. The van der Waals surface area contributed by atoms with E-state index >= 15 is 0 Å². The lowest BCUT2D eigenvalue weighted by Gasteiger charge is -2.27. The first-order chi connectivity index (χ1) is 15.4. The van der Waals surface area contributed by atoms with Gasteiger partial charge in [0, 0.05) is 24.7 Å². The number of hydrogen-bond acceptors (Lipinski definition) is 5. The van der Waals surface area contributed by atoms with Crippen molar-refractivity contribution in [1.29, 1.82) is 0 Å². The Balaban J connectivity index is 1.41. The van der Waals surface area contributed by atoms with Gasteiger partial charge in [0.25, 0.3) is 27.7 Å². The van der Waals surface area contributed by atoms with Crippen LogP contribution < -0.4 is 5.32 Å². The van der Waals surface area contributed by atoms with E-state index in [2.05, 4.69) is 5.32 Å². The number of sulfonamides is 1. The maximum absolute atomic E-state index is 13.0. The molecule has 2 heterocycles. The Morgan fingerprint density at radius 2 is 1.69 bits per heavy atom. The fraction of sp³-hybridized carbons (Fsp3) is 0.348. The SMILES string of the molecule is O=C(Nc1ccccc1C(=O)N1CCCCC1)c1ccc2c(c1)S(=O)(=O)N(C1CC1)C2=O. The molecule has 9 heteroatoms. The number of para-hydroxylation sites is 1. The number of rotatable bonds is 4. The third-order valence-electron chi connectivity index (χ3n) is 6.14. The second kappa shape index (κ2) is 7.74. The number of nitrogens with zero attached hydrogens (tertiary/aromatic N) is 2. The van der Waals surface area contributed by atoms with Crippen molar-refractivity contribution < 1.29 is 22.8 Å². The zero-order chi connectivity index (χ0) is 22.5. The van der Waals surface area contributed by atoms with E-state index in [1.807, 2.05) is 0 Å². The molecule has 0 bridgehead atoms. The quantitative estimate of drug-likeness (QED) is 0.767. The van der Waals surface area contributed by atoms with Crippen LogP contribution in [0.3, 0.4) is 0 Å². The van der Waals surface area contributed by atoms with Crippen LogP contribution in [-0.2, 0) is 10.0 Å². The predicted molar refractivity (Wildman–Crippen MR) is 117 cm³/mol. The van der Waals surface area contributed by atoms with E-state index in [4.69, 9.17) is 0 Å². The summed E-state index contributed by atoms with van der Waals surface area (Å²) in [4.78, 5) is 40.1. The number of likely N-dealkylation sites (tertiary alicyclic amines) is 1. The fourth-order valence-electron chi connectivity index (χ4n) is 4.30. The predicted octanol–water partition coefficient (Wildman–Crippen LogP) is 2.87. The van der Waals surface area contributed by atoms with Crippen molar-refractivity contribution in [2.75, 3.05) is 18.4 Å². The van der Waals surface area contributed by atoms with Crippen LogP contribution in [0.1, 0.15) is 63.2 Å². The summed E-state index contributed by atoms with van der Waals surface area (Å²) >= 11 is 0. The number of benzene rings is 2. The van der Waals surface area contributed by atoms with Gasteiger partial charge in [-0.15, -0.1) is 0 Å². The smallest absolute Gasteiger partial charge is 0.269 e. The number of amides is 3. The summed E-state index contributed by atoms with van der Waals surface area (Å²) in [7, 11) is -3.95. The highest BCUT2D eigenvalue weighted by atomic mass is 32.2. The molecule has 0 unspecified atom stereocenters. The first kappa shape index (κ1) is 20.7. The molecule has 2 aliphatic heterocycles. The van der Waals surface area contributed by atoms with Crippen LogP contribution in [0.4, 0.5) is 5.69 Å². The fourth-order valence-corrected chi connectivity index (χ4v) is 6.14. The lowest BCUT2D eigenvalue weighted by Crippen LogP contribution is -2.36. The van der Waals surface area contributed by atoms with Gasteiger partial charge in [-0.05, 0) is 62.4 Å². The molecule has 166 valence electrons. The molecule has 0 radical (unpaired) electrons. The Kier molecular flexibility index (Phi) is 5.00. The highest BCUT2D eigenvalue weighted by molar-refractivity contribution is 7.90. The molecule has 2 fully saturated rings. The van der Waals surface area contributed by atoms with E-state index < -0.39 is 21.8 Å². The summed E-state index contributed by atoms with van der Waals surface area (Å²) < 4.78 is 26.6. The van der Waals surface area contributed by atoms with Crippen molar-refractivity contribution in [3.05, 3.63) is 59.2 Å². The first-order valence-electron chi connectivity index (χ1n) is 10.8. The molecule has 3 amide bonds. The van der Waals surface area contributed by atoms with E-state index in [1.165, 1.54) is 18.2 Å². The van der Waals surface area contributed by atoms with Crippen molar-refractivity contribution in [1.82, 2.24) is 9.21 Å². The van der Waals surface area contributed by atoms with Gasteiger partial charge in [-0.1, -0.05) is 12.1 Å². The van der Waals surface area contributed by atoms with Crippen LogP contribution in [-0.4, -0.2) is 54.5 Å². The standard InChI is InChI=1S/C23H23N3O5S/c27-21(24-19-7-3-2-6-17(19)22(28)25-12-4-1-5-13-25)15-8-11-18-20(14-15)32(30,31)26(23(18)29)16-9-10-16/h2-3,6-8,11,14,16H,1,4-5,9-10,12-13H2,(H,24,27). The van der Waals surface area contributed by atoms with E-state index in [1.54, 1.807) is 29.2 Å². The number of carbonyl (C=O) groups excluding carboxylic acids is 3. The Morgan fingerprint density at radius 1 is 0.969 bits per heavy atom. The molecule has 1 N–H and O–H groups in total. The van der Waals surface area contributed by atoms with Crippen LogP contribution >= 0.6 is 0 Å². The maximum atomic E-state index is 13.0. The second-order valence-electron chi connectivity index (χ2n) is 8.40. The van der Waals surface area contributed by atoms with Crippen molar-refractivity contribution in [3.8, 4) is 0 Å². The Bertz CT molecular complexity index is 1230. The summed E-state index contributed by atoms with van der Waals surface area (Å²) in [6.45, 7) is 1.38. The number of fused-ring (bicyclic) bond motifs is 1. The third kappa shape index (κ3) is 3.46. The molecule has 1 saturated carbocycles. The van der Waals surface area contributed by atoms with Crippen molar-refractivity contribution >= 4 is 33.4 Å². The minimum atomic E-state index is -3.95. The van der Waals surface area contributed by atoms with Crippen molar-refractivity contribution in [2.24, 2.45) is 0 Å². The molecule has 3 aliphatic rings. The van der Waals surface area contributed by atoms with E-state index in [-0.39, 0.29) is 28.0 Å². The molecular formula is C23H23N3O5S. The number of anilines is 1. The summed E-state index contributed by atoms with van der Waals surface area (Å²) in [6.07, 6.45) is 4.34. The average molecular weight is 454 g/mol. The number of nitrogens with one attached hydrogen (secondary N) is 1. The largest absolute Gasteiger partial charge is 0.339 e. The monoisotopic (exact) mass is 453 g/mol. The lowest BCUT2D eigenvalue weighted by molar-refractivity contribution is 0.0725. The van der Waals surface area contributed by atoms with Crippen LogP contribution in [0.2, 0.25) is 0 Å². The number of carbonyl (C=O) groups is 3. The van der Waals surface area contributed by atoms with Gasteiger partial charge in [-0.3, -0.25) is 14.4 Å². The maximum Gasteiger partial charge on any atom is 0.269 e. The van der Waals surface area contributed by atoms with Gasteiger partial charge in [-0.2, -0.15) is 0 Å². The Morgan fingerprint density at radius 3 is 2.41 bits per heavy atom. The van der Waals surface area contributed by atoms with E-state index in [0.29, 0.717) is 37.2 Å². The normalized spacial score (nSPS) is 19.6. The summed E-state index contributed by atoms with van der Waals surface area (Å²) in [5, 5.41) is 2.74. The Labute approximate surface area is 186 Å². The summed E-state index contributed by atoms with van der Waals surface area (Å²) in [6, 6.07) is 10.6. The molecule has 0 spiro atoms. The molecule has 0 atom stereocenters. The van der Waals surface area contributed by atoms with Gasteiger partial charge in [-0.25, -0.2) is 12.7 Å². The van der Waals surface area contributed by atoms with Crippen LogP contribution in [0.15, 0.2) is 47.4 Å². The zero-order valence-corrected chi connectivity index (χ0v) is 18.2. The molecule has 1 aliphatic carbocycles. The van der Waals surface area contributed by atoms with Crippen LogP contribution in [0.5, 0.6) is 0 Å². The third-order valence-corrected chi connectivity index (χ3v) is 8.01. The Hall–Kier alpha value is -3.20. The first-order valence-corrected chi connectivity index (χ1v) is 12.2. The van der Waals surface area contributed by atoms with Crippen LogP contribution in [0, 0.1) is 0 Å². The zero-order valence-electron chi connectivity index (χ0n) is 17.4. The second-order valence-corrected chi connectivity index (χ2v) is 10.2. The van der Waals surface area contributed by atoms with Gasteiger partial charge >= 0.3 is 0 Å². The van der Waals surface area contributed by atoms with E-state index in [0.717, 1.165) is 23.6 Å². The molecular weight excluding hydrogens is 430 g/mol. The van der Waals surface area contributed by atoms with Gasteiger partial charge < -0.3 is 10.2 Å². The van der Waals surface area contributed by atoms with Crippen molar-refractivity contribution in [2.45, 2.75) is 43.0 Å². The van der Waals surface area contributed by atoms with Gasteiger partial charge in [0.15, 0.2) is 0 Å². The number of hydrogen-bond donors (Lipinski definition) is 1. The topological polar surface area (TPSA) is 104 Å². The molecule has 5 rings (SSSR count). The number of piperidine rings is 1. The van der Waals surface area contributed by atoms with Gasteiger partial charge in [0.05, 0.1) is 16.8 Å². The summed E-state index contributed by atoms with van der Waals surface area (Å²) in [5.74, 6) is -1.21. The average Bonchev–Trinajstić information content (AvgIpc) is 3.61. The minimum absolute atomic E-state index is 0.0918. The molecule has 1 saturated heterocycles. The molecule has 8 nitrogen and oxygen atoms in total. The van der Waals surface area contributed by atoms with Crippen molar-refractivity contribution in [3.63, 3.8) is 0 Å².